The summed E-state index contributed by atoms with van der Waals surface area (Å²) in [7, 11) is 0. The third kappa shape index (κ3) is 4.62. The summed E-state index contributed by atoms with van der Waals surface area (Å²) >= 11 is 12.9. The number of carbonyl (C=O) groups excluding carboxylic acids is 2. The summed E-state index contributed by atoms with van der Waals surface area (Å²) in [4.78, 5) is 26.3. The van der Waals surface area contributed by atoms with Gasteiger partial charge in [-0.3, -0.25) is 14.8 Å². The highest BCUT2D eigenvalue weighted by Gasteiger charge is 2.29. The van der Waals surface area contributed by atoms with Gasteiger partial charge in [0.05, 0.1) is 23.4 Å². The second-order valence-electron chi connectivity index (χ2n) is 6.84. The molecule has 3 rings (SSSR count). The van der Waals surface area contributed by atoms with E-state index in [0.29, 0.717) is 29.6 Å². The molecule has 0 unspecified atom stereocenters. The van der Waals surface area contributed by atoms with E-state index in [9.17, 15) is 9.59 Å². The van der Waals surface area contributed by atoms with Crippen molar-refractivity contribution in [3.63, 3.8) is 0 Å². The van der Waals surface area contributed by atoms with Crippen LogP contribution in [0.1, 0.15) is 58.5 Å². The van der Waals surface area contributed by atoms with Crippen LogP contribution in [0, 0.1) is 5.92 Å². The molecule has 156 valence electrons. The molecule has 1 amide bonds. The normalized spacial score (nSPS) is 15.5. The minimum absolute atomic E-state index is 0.0899. The molecule has 2 aromatic heterocycles. The Balaban J connectivity index is 1.82. The number of hydrogen-bond acceptors (Lipinski definition) is 6. The zero-order valence-electron chi connectivity index (χ0n) is 16.5. The average Bonchev–Trinajstić information content (AvgIpc) is 3.20. The Kier molecular flexibility index (Phi) is 6.92. The molecule has 1 aliphatic carbocycles. The van der Waals surface area contributed by atoms with Crippen molar-refractivity contribution in [2.45, 2.75) is 46.6 Å². The number of aromatic nitrogens is 2. The number of fused-ring (bicyclic) bond motifs is 1. The first kappa shape index (κ1) is 21.7. The molecule has 0 bridgehead atoms. The van der Waals surface area contributed by atoms with Gasteiger partial charge in [-0.25, -0.2) is 4.79 Å². The van der Waals surface area contributed by atoms with Crippen LogP contribution in [0.5, 0.6) is 0 Å². The molecule has 0 saturated heterocycles. The molecular formula is C19H23ClN4O3S2. The van der Waals surface area contributed by atoms with E-state index in [1.807, 2.05) is 6.92 Å². The fraction of sp³-hybridized carbons (Fsp3) is 0.474. The monoisotopic (exact) mass is 454 g/mol. The second-order valence-corrected chi connectivity index (χ2v) is 8.76. The zero-order valence-corrected chi connectivity index (χ0v) is 18.9. The lowest BCUT2D eigenvalue weighted by Gasteiger charge is -2.18. The summed E-state index contributed by atoms with van der Waals surface area (Å²) in [5, 5.41) is 10.6. The highest BCUT2D eigenvalue weighted by Crippen LogP contribution is 2.40. The predicted octanol–water partition coefficient (Wildman–Crippen LogP) is 4.05. The molecule has 1 atom stereocenters. The summed E-state index contributed by atoms with van der Waals surface area (Å²) in [6, 6.07) is 0. The van der Waals surface area contributed by atoms with Gasteiger partial charge in [0.25, 0.3) is 5.91 Å². The molecule has 0 saturated carbocycles. The first-order chi connectivity index (χ1) is 13.8. The van der Waals surface area contributed by atoms with Gasteiger partial charge in [-0.05, 0) is 56.8 Å². The Morgan fingerprint density at radius 1 is 1.45 bits per heavy atom. The Hall–Kier alpha value is -1.97. The first-order valence-corrected chi connectivity index (χ1v) is 11.1. The third-order valence-corrected chi connectivity index (χ3v) is 6.41. The van der Waals surface area contributed by atoms with Gasteiger partial charge in [-0.2, -0.15) is 5.10 Å². The summed E-state index contributed by atoms with van der Waals surface area (Å²) in [6.45, 7) is 6.63. The van der Waals surface area contributed by atoms with Gasteiger partial charge in [0.1, 0.15) is 10.7 Å². The Labute approximate surface area is 183 Å². The molecule has 10 heteroatoms. The summed E-state index contributed by atoms with van der Waals surface area (Å²) in [5.74, 6) is -0.269. The molecule has 2 heterocycles. The number of carbonyl (C=O) groups is 2. The van der Waals surface area contributed by atoms with Crippen LogP contribution in [0.15, 0.2) is 6.20 Å². The molecule has 29 heavy (non-hydrogen) atoms. The van der Waals surface area contributed by atoms with E-state index >= 15 is 0 Å². The largest absolute Gasteiger partial charge is 0.462 e. The predicted molar refractivity (Wildman–Crippen MR) is 118 cm³/mol. The number of esters is 1. The smallest absolute Gasteiger partial charge is 0.341 e. The van der Waals surface area contributed by atoms with Gasteiger partial charge in [-0.1, -0.05) is 18.5 Å². The van der Waals surface area contributed by atoms with E-state index in [-0.39, 0.29) is 21.8 Å². The van der Waals surface area contributed by atoms with Crippen LogP contribution < -0.4 is 10.6 Å². The number of rotatable bonds is 5. The fourth-order valence-electron chi connectivity index (χ4n) is 3.38. The molecule has 0 spiro atoms. The van der Waals surface area contributed by atoms with Crippen LogP contribution >= 0.6 is 35.2 Å². The number of anilines is 1. The van der Waals surface area contributed by atoms with Crippen molar-refractivity contribution in [1.29, 1.82) is 0 Å². The van der Waals surface area contributed by atoms with Crippen molar-refractivity contribution in [3.05, 3.63) is 32.9 Å². The molecule has 7 nitrogen and oxygen atoms in total. The van der Waals surface area contributed by atoms with Gasteiger partial charge in [0, 0.05) is 11.4 Å². The number of halogens is 1. The second kappa shape index (κ2) is 9.23. The lowest BCUT2D eigenvalue weighted by molar-refractivity contribution is 0.0526. The highest BCUT2D eigenvalue weighted by molar-refractivity contribution is 7.80. The molecule has 0 fully saturated rings. The average molecular weight is 455 g/mol. The van der Waals surface area contributed by atoms with Gasteiger partial charge >= 0.3 is 5.97 Å². The minimum atomic E-state index is -0.459. The molecule has 2 aromatic rings. The van der Waals surface area contributed by atoms with E-state index in [1.165, 1.54) is 22.2 Å². The van der Waals surface area contributed by atoms with E-state index in [4.69, 9.17) is 28.6 Å². The summed E-state index contributed by atoms with van der Waals surface area (Å²) < 4.78 is 6.75. The van der Waals surface area contributed by atoms with Crippen LogP contribution in [-0.4, -0.2) is 33.4 Å². The van der Waals surface area contributed by atoms with Crippen LogP contribution in [0.2, 0.25) is 5.02 Å². The quantitative estimate of drug-likeness (QED) is 0.523. The molecule has 0 aromatic carbocycles. The van der Waals surface area contributed by atoms with Crippen molar-refractivity contribution in [3.8, 4) is 0 Å². The zero-order chi connectivity index (χ0) is 21.1. The van der Waals surface area contributed by atoms with E-state index in [1.54, 1.807) is 6.92 Å². The van der Waals surface area contributed by atoms with Crippen LogP contribution in [0.25, 0.3) is 0 Å². The maximum absolute atomic E-state index is 12.6. The molecular weight excluding hydrogens is 432 g/mol. The van der Waals surface area contributed by atoms with Crippen molar-refractivity contribution < 1.29 is 14.3 Å². The van der Waals surface area contributed by atoms with Gasteiger partial charge in [0.2, 0.25) is 0 Å². The van der Waals surface area contributed by atoms with Crippen molar-refractivity contribution in [1.82, 2.24) is 15.1 Å². The SMILES string of the molecule is CCOC(=O)c1c(NC(=S)NC(=O)c2c(Cl)cnn2CC)sc2c1CC[C@H](C)C2. The fourth-order valence-corrected chi connectivity index (χ4v) is 5.27. The number of hydrogen-bond donors (Lipinski definition) is 2. The summed E-state index contributed by atoms with van der Waals surface area (Å²) in [5.41, 5.74) is 1.78. The minimum Gasteiger partial charge on any atom is -0.462 e. The van der Waals surface area contributed by atoms with Gasteiger partial charge < -0.3 is 10.1 Å². The number of thiophene rings is 1. The Morgan fingerprint density at radius 3 is 2.90 bits per heavy atom. The van der Waals surface area contributed by atoms with E-state index in [0.717, 1.165) is 29.7 Å². The number of nitrogens with one attached hydrogen (secondary N) is 2. The topological polar surface area (TPSA) is 85.2 Å². The first-order valence-electron chi connectivity index (χ1n) is 9.50. The Morgan fingerprint density at radius 2 is 2.21 bits per heavy atom. The number of thiocarbonyl (C=S) groups is 1. The van der Waals surface area contributed by atoms with Gasteiger partial charge in [0.15, 0.2) is 5.11 Å². The molecule has 2 N–H and O–H groups in total. The molecule has 0 radical (unpaired) electrons. The molecule has 0 aliphatic heterocycles. The lowest BCUT2D eigenvalue weighted by Crippen LogP contribution is -2.35. The standard InChI is InChI=1S/C19H23ClN4O3S2/c1-4-24-15(12(20)9-21-24)16(25)22-19(28)23-17-14(18(26)27-5-2)11-7-6-10(3)8-13(11)29-17/h9-10H,4-8H2,1-3H3,(H2,22,23,25,28)/t10-/m0/s1. The lowest BCUT2D eigenvalue weighted by atomic mass is 9.88. The van der Waals surface area contributed by atoms with Crippen LogP contribution in [-0.2, 0) is 24.1 Å². The maximum Gasteiger partial charge on any atom is 0.341 e. The highest BCUT2D eigenvalue weighted by atomic mass is 35.5. The van der Waals surface area contributed by atoms with E-state index in [2.05, 4.69) is 22.7 Å². The van der Waals surface area contributed by atoms with Crippen LogP contribution in [0.4, 0.5) is 5.00 Å². The third-order valence-electron chi connectivity index (χ3n) is 4.75. The maximum atomic E-state index is 12.6. The number of aryl methyl sites for hydroxylation is 1. The Bertz CT molecular complexity index is 954. The summed E-state index contributed by atoms with van der Waals surface area (Å²) in [6.07, 6.45) is 4.19. The number of nitrogens with zero attached hydrogens (tertiary/aromatic N) is 2. The number of ether oxygens (including phenoxy) is 1. The number of amides is 1. The molecule has 1 aliphatic rings. The van der Waals surface area contributed by atoms with Crippen LogP contribution in [0.3, 0.4) is 0 Å². The van der Waals surface area contributed by atoms with Crippen molar-refractivity contribution >= 4 is 57.1 Å². The van der Waals surface area contributed by atoms with Crippen molar-refractivity contribution in [2.24, 2.45) is 5.92 Å². The van der Waals surface area contributed by atoms with E-state index < -0.39 is 5.91 Å². The van der Waals surface area contributed by atoms with Crippen molar-refractivity contribution in [2.75, 3.05) is 11.9 Å². The van der Waals surface area contributed by atoms with Gasteiger partial charge in [-0.15, -0.1) is 11.3 Å².